The Morgan fingerprint density at radius 1 is 1.35 bits per heavy atom. The summed E-state index contributed by atoms with van der Waals surface area (Å²) >= 11 is 5.47. The third kappa shape index (κ3) is 3.69. The summed E-state index contributed by atoms with van der Waals surface area (Å²) < 4.78 is 55.5. The van der Waals surface area contributed by atoms with Gasteiger partial charge in [-0.1, -0.05) is 17.7 Å². The quantitative estimate of drug-likeness (QED) is 0.487. The second-order valence-corrected chi connectivity index (χ2v) is 4.15. The van der Waals surface area contributed by atoms with Gasteiger partial charge in [-0.15, -0.1) is 0 Å². The predicted octanol–water partition coefficient (Wildman–Crippen LogP) is 3.26. The molecule has 110 valence electrons. The highest BCUT2D eigenvalue weighted by molar-refractivity contribution is 6.30. The van der Waals surface area contributed by atoms with E-state index in [2.05, 4.69) is 4.74 Å². The molecule has 1 aromatic rings. The van der Waals surface area contributed by atoms with Crippen molar-refractivity contribution in [3.8, 4) is 0 Å². The first kappa shape index (κ1) is 16.4. The molecule has 0 fully saturated rings. The summed E-state index contributed by atoms with van der Waals surface area (Å²) in [7, 11) is 0. The second kappa shape index (κ2) is 6.21. The van der Waals surface area contributed by atoms with Gasteiger partial charge in [0.2, 0.25) is 0 Å². The molecule has 0 saturated heterocycles. The molecular formula is C12H9ClF4O3. The molecule has 8 heteroatoms. The Kier molecular flexibility index (Phi) is 5.10. The SMILES string of the molecule is CCOC(=O)C(C(=O)C(F)(F)F)c1ccc(Cl)cc1F. The first-order valence-corrected chi connectivity index (χ1v) is 5.79. The molecular weight excluding hydrogens is 304 g/mol. The van der Waals surface area contributed by atoms with Crippen molar-refractivity contribution in [2.75, 3.05) is 6.61 Å². The highest BCUT2D eigenvalue weighted by atomic mass is 35.5. The Hall–Kier alpha value is -1.63. The minimum absolute atomic E-state index is 0.0756. The molecule has 1 rings (SSSR count). The topological polar surface area (TPSA) is 43.4 Å². The minimum Gasteiger partial charge on any atom is -0.465 e. The smallest absolute Gasteiger partial charge is 0.451 e. The molecule has 0 heterocycles. The van der Waals surface area contributed by atoms with Crippen molar-refractivity contribution in [3.63, 3.8) is 0 Å². The molecule has 3 nitrogen and oxygen atoms in total. The summed E-state index contributed by atoms with van der Waals surface area (Å²) in [5.74, 6) is -7.44. The van der Waals surface area contributed by atoms with Gasteiger partial charge in [0.15, 0.2) is 5.92 Å². The zero-order chi connectivity index (χ0) is 15.5. The van der Waals surface area contributed by atoms with Gasteiger partial charge < -0.3 is 4.74 Å². The van der Waals surface area contributed by atoms with E-state index in [1.165, 1.54) is 6.92 Å². The standard InChI is InChI=1S/C12H9ClF4O3/c1-2-20-11(19)9(10(18)12(15,16)17)7-4-3-6(13)5-8(7)14/h3-5,9H,2H2,1H3. The lowest BCUT2D eigenvalue weighted by Crippen LogP contribution is -2.35. The molecule has 0 saturated carbocycles. The van der Waals surface area contributed by atoms with Gasteiger partial charge >= 0.3 is 12.1 Å². The highest BCUT2D eigenvalue weighted by Gasteiger charge is 2.48. The highest BCUT2D eigenvalue weighted by Crippen LogP contribution is 2.31. The molecule has 0 aliphatic heterocycles. The second-order valence-electron chi connectivity index (χ2n) is 3.71. The van der Waals surface area contributed by atoms with Crippen LogP contribution in [0.3, 0.4) is 0 Å². The van der Waals surface area contributed by atoms with Gasteiger partial charge in [-0.05, 0) is 19.1 Å². The van der Waals surface area contributed by atoms with Crippen LogP contribution in [0.4, 0.5) is 17.6 Å². The summed E-state index contributed by atoms with van der Waals surface area (Å²) in [5, 5.41) is -0.0756. The number of ether oxygens (including phenoxy) is 1. The van der Waals surface area contributed by atoms with Crippen LogP contribution in [0.2, 0.25) is 5.02 Å². The first-order chi connectivity index (χ1) is 9.18. The largest absolute Gasteiger partial charge is 0.465 e. The van der Waals surface area contributed by atoms with Crippen LogP contribution < -0.4 is 0 Å². The number of hydrogen-bond acceptors (Lipinski definition) is 3. The van der Waals surface area contributed by atoms with Crippen molar-refractivity contribution in [3.05, 3.63) is 34.6 Å². The van der Waals surface area contributed by atoms with Crippen molar-refractivity contribution < 1.29 is 31.9 Å². The third-order valence-corrected chi connectivity index (χ3v) is 2.57. The van der Waals surface area contributed by atoms with Crippen molar-refractivity contribution >= 4 is 23.4 Å². The van der Waals surface area contributed by atoms with E-state index < -0.39 is 35.2 Å². The molecule has 0 aliphatic carbocycles. The molecule has 1 aromatic carbocycles. The normalized spacial score (nSPS) is 12.9. The van der Waals surface area contributed by atoms with E-state index in [1.807, 2.05) is 0 Å². The van der Waals surface area contributed by atoms with Crippen LogP contribution in [0.1, 0.15) is 18.4 Å². The molecule has 0 amide bonds. The Balaban J connectivity index is 3.30. The Labute approximate surface area is 116 Å². The van der Waals surface area contributed by atoms with E-state index in [1.54, 1.807) is 0 Å². The summed E-state index contributed by atoms with van der Waals surface area (Å²) in [5.41, 5.74) is -0.727. The molecule has 0 spiro atoms. The molecule has 0 aromatic heterocycles. The van der Waals surface area contributed by atoms with Crippen LogP contribution in [0.5, 0.6) is 0 Å². The molecule has 0 N–H and O–H groups in total. The Morgan fingerprint density at radius 2 is 1.95 bits per heavy atom. The van der Waals surface area contributed by atoms with Crippen molar-refractivity contribution in [2.45, 2.75) is 19.0 Å². The fraction of sp³-hybridized carbons (Fsp3) is 0.333. The van der Waals surface area contributed by atoms with Gasteiger partial charge in [-0.25, -0.2) is 4.39 Å². The van der Waals surface area contributed by atoms with Gasteiger partial charge in [0.1, 0.15) is 5.82 Å². The van der Waals surface area contributed by atoms with Gasteiger partial charge in [0.05, 0.1) is 6.61 Å². The van der Waals surface area contributed by atoms with Crippen LogP contribution in [-0.4, -0.2) is 24.5 Å². The van der Waals surface area contributed by atoms with E-state index in [-0.39, 0.29) is 11.6 Å². The summed E-state index contributed by atoms with van der Waals surface area (Å²) in [6, 6.07) is 2.64. The average molecular weight is 313 g/mol. The van der Waals surface area contributed by atoms with Crippen molar-refractivity contribution in [1.29, 1.82) is 0 Å². The third-order valence-electron chi connectivity index (χ3n) is 2.34. The van der Waals surface area contributed by atoms with Crippen molar-refractivity contribution in [1.82, 2.24) is 0 Å². The van der Waals surface area contributed by atoms with Crippen LogP contribution in [0.25, 0.3) is 0 Å². The average Bonchev–Trinajstić information content (AvgIpc) is 2.31. The number of benzene rings is 1. The fourth-order valence-electron chi connectivity index (χ4n) is 1.50. The number of Topliss-reactive ketones (excluding diaryl/α,β-unsaturated/α-hetero) is 1. The van der Waals surface area contributed by atoms with Crippen LogP contribution in [-0.2, 0) is 14.3 Å². The number of carbonyl (C=O) groups is 2. The number of halogens is 5. The van der Waals surface area contributed by atoms with E-state index in [0.717, 1.165) is 12.1 Å². The minimum atomic E-state index is -5.29. The summed E-state index contributed by atoms with van der Waals surface area (Å²) in [4.78, 5) is 22.8. The van der Waals surface area contributed by atoms with E-state index in [4.69, 9.17) is 11.6 Å². The number of esters is 1. The molecule has 0 bridgehead atoms. The monoisotopic (exact) mass is 312 g/mol. The lowest BCUT2D eigenvalue weighted by molar-refractivity contribution is -0.177. The Bertz CT molecular complexity index is 528. The lowest BCUT2D eigenvalue weighted by atomic mass is 9.94. The van der Waals surface area contributed by atoms with E-state index in [9.17, 15) is 27.2 Å². The number of hydrogen-bond donors (Lipinski definition) is 0. The zero-order valence-corrected chi connectivity index (χ0v) is 10.9. The maximum atomic E-state index is 13.6. The van der Waals surface area contributed by atoms with Crippen LogP contribution in [0, 0.1) is 5.82 Å². The number of alkyl halides is 3. The van der Waals surface area contributed by atoms with Gasteiger partial charge in [0, 0.05) is 10.6 Å². The maximum absolute atomic E-state index is 13.6. The number of carbonyl (C=O) groups excluding carboxylic acids is 2. The van der Waals surface area contributed by atoms with Gasteiger partial charge in [-0.3, -0.25) is 9.59 Å². The molecule has 1 atom stereocenters. The fourth-order valence-corrected chi connectivity index (χ4v) is 1.66. The summed E-state index contributed by atoms with van der Waals surface area (Å²) in [6.45, 7) is 1.11. The van der Waals surface area contributed by atoms with Crippen molar-refractivity contribution in [2.24, 2.45) is 0 Å². The number of ketones is 1. The predicted molar refractivity (Wildman–Crippen MR) is 61.8 cm³/mol. The summed E-state index contributed by atoms with van der Waals surface area (Å²) in [6.07, 6.45) is -5.29. The van der Waals surface area contributed by atoms with E-state index in [0.29, 0.717) is 6.07 Å². The Morgan fingerprint density at radius 3 is 2.40 bits per heavy atom. The first-order valence-electron chi connectivity index (χ1n) is 5.41. The van der Waals surface area contributed by atoms with Crippen LogP contribution in [0.15, 0.2) is 18.2 Å². The molecule has 20 heavy (non-hydrogen) atoms. The molecule has 0 aliphatic rings. The van der Waals surface area contributed by atoms with E-state index >= 15 is 0 Å². The zero-order valence-electron chi connectivity index (χ0n) is 10.1. The lowest BCUT2D eigenvalue weighted by Gasteiger charge is -2.17. The van der Waals surface area contributed by atoms with Gasteiger partial charge in [-0.2, -0.15) is 13.2 Å². The molecule has 1 unspecified atom stereocenters. The number of rotatable bonds is 4. The van der Waals surface area contributed by atoms with Crippen LogP contribution >= 0.6 is 11.6 Å². The maximum Gasteiger partial charge on any atom is 0.451 e. The van der Waals surface area contributed by atoms with Gasteiger partial charge in [0.25, 0.3) is 5.78 Å². The molecule has 0 radical (unpaired) electrons.